The van der Waals surface area contributed by atoms with Gasteiger partial charge in [-0.1, -0.05) is 66.2 Å². The van der Waals surface area contributed by atoms with E-state index in [1.165, 1.54) is 0 Å². The second-order valence-corrected chi connectivity index (χ2v) is 10.7. The third-order valence-electron chi connectivity index (χ3n) is 6.95. The summed E-state index contributed by atoms with van der Waals surface area (Å²) in [6.45, 7) is 11.4. The molecule has 0 unspecified atom stereocenters. The van der Waals surface area contributed by atoms with Gasteiger partial charge in [0, 0.05) is 10.9 Å². The first-order valence-electron chi connectivity index (χ1n) is 12.4. The third kappa shape index (κ3) is 4.19. The van der Waals surface area contributed by atoms with Crippen LogP contribution in [0.1, 0.15) is 49.1 Å². The summed E-state index contributed by atoms with van der Waals surface area (Å²) in [5.74, 6) is -1.14. The number of rotatable bonds is 4. The first-order valence-corrected chi connectivity index (χ1v) is 12.4. The lowest BCUT2D eigenvalue weighted by molar-refractivity contribution is -0.160. The Morgan fingerprint density at radius 2 is 1.54 bits per heavy atom. The third-order valence-corrected chi connectivity index (χ3v) is 6.95. The molecule has 0 saturated carbocycles. The Kier molecular flexibility index (Phi) is 5.92. The molecule has 37 heavy (non-hydrogen) atoms. The zero-order chi connectivity index (χ0) is 26.6. The molecule has 1 heterocycles. The smallest absolute Gasteiger partial charge is 0.337 e. The fourth-order valence-corrected chi connectivity index (χ4v) is 5.37. The Bertz CT molecular complexity index is 1700. The summed E-state index contributed by atoms with van der Waals surface area (Å²) in [5, 5.41) is 25.9. The number of hydrogen-bond acceptors (Lipinski definition) is 4. The van der Waals surface area contributed by atoms with E-state index in [-0.39, 0.29) is 5.88 Å². The summed E-state index contributed by atoms with van der Waals surface area (Å²) < 4.78 is 6.14. The number of hydrogen-bond donors (Lipinski definition) is 2. The second kappa shape index (κ2) is 8.86. The lowest BCUT2D eigenvalue weighted by Gasteiger charge is -2.29. The van der Waals surface area contributed by atoms with Crippen molar-refractivity contribution < 1.29 is 19.7 Å². The Hall–Kier alpha value is -3.96. The van der Waals surface area contributed by atoms with E-state index in [2.05, 4.69) is 4.98 Å². The van der Waals surface area contributed by atoms with E-state index in [1.54, 1.807) is 0 Å². The van der Waals surface area contributed by atoms with Crippen molar-refractivity contribution in [3.8, 4) is 17.0 Å². The van der Waals surface area contributed by atoms with Gasteiger partial charge in [0.2, 0.25) is 5.88 Å². The van der Waals surface area contributed by atoms with Crippen molar-refractivity contribution in [2.45, 2.75) is 53.2 Å². The molecule has 0 aliphatic rings. The van der Waals surface area contributed by atoms with Crippen LogP contribution in [0.25, 0.3) is 43.6 Å². The average molecular weight is 494 g/mol. The van der Waals surface area contributed by atoms with Gasteiger partial charge in [-0.05, 0) is 80.0 Å². The number of carboxylic acids is 1. The van der Waals surface area contributed by atoms with Gasteiger partial charge in [-0.2, -0.15) is 0 Å². The lowest BCUT2D eigenvalue weighted by atomic mass is 9.84. The zero-order valence-corrected chi connectivity index (χ0v) is 22.0. The molecular weight excluding hydrogens is 462 g/mol. The number of aryl methyl sites for hydroxylation is 3. The van der Waals surface area contributed by atoms with Crippen LogP contribution in [0.5, 0.6) is 5.88 Å². The van der Waals surface area contributed by atoms with E-state index in [1.807, 2.05) is 102 Å². The zero-order valence-electron chi connectivity index (χ0n) is 22.0. The first-order chi connectivity index (χ1) is 17.5. The molecule has 0 amide bonds. The summed E-state index contributed by atoms with van der Waals surface area (Å²) in [4.78, 5) is 17.3. The van der Waals surface area contributed by atoms with Gasteiger partial charge in [-0.3, -0.25) is 0 Å². The number of ether oxygens (including phenoxy) is 1. The van der Waals surface area contributed by atoms with Crippen LogP contribution in [0.2, 0.25) is 0 Å². The van der Waals surface area contributed by atoms with Gasteiger partial charge in [-0.15, -0.1) is 0 Å². The minimum Gasteiger partial charge on any atom is -0.493 e. The molecule has 4 aromatic carbocycles. The first kappa shape index (κ1) is 24.7. The molecule has 2 N–H and O–H groups in total. The summed E-state index contributed by atoms with van der Waals surface area (Å²) >= 11 is 0. The predicted octanol–water partition coefficient (Wildman–Crippen LogP) is 7.78. The van der Waals surface area contributed by atoms with Crippen LogP contribution in [0.3, 0.4) is 0 Å². The van der Waals surface area contributed by atoms with E-state index in [9.17, 15) is 15.0 Å². The molecule has 1 atom stereocenters. The van der Waals surface area contributed by atoms with Gasteiger partial charge in [0.15, 0.2) is 6.10 Å². The maximum absolute atomic E-state index is 12.6. The topological polar surface area (TPSA) is 79.7 Å². The minimum absolute atomic E-state index is 0.0700. The fourth-order valence-electron chi connectivity index (χ4n) is 5.37. The average Bonchev–Trinajstić information content (AvgIpc) is 2.84. The van der Waals surface area contributed by atoms with Gasteiger partial charge in [0.1, 0.15) is 0 Å². The molecule has 1 aromatic heterocycles. The van der Waals surface area contributed by atoms with Crippen LogP contribution < -0.4 is 0 Å². The van der Waals surface area contributed by atoms with E-state index in [4.69, 9.17) is 4.74 Å². The lowest BCUT2D eigenvalue weighted by Crippen LogP contribution is -2.28. The van der Waals surface area contributed by atoms with Gasteiger partial charge >= 0.3 is 5.97 Å². The van der Waals surface area contributed by atoms with Crippen molar-refractivity contribution in [3.63, 3.8) is 0 Å². The summed E-state index contributed by atoms with van der Waals surface area (Å²) in [7, 11) is 0. The maximum Gasteiger partial charge on any atom is 0.337 e. The largest absolute Gasteiger partial charge is 0.493 e. The molecule has 5 rings (SSSR count). The van der Waals surface area contributed by atoms with Crippen molar-refractivity contribution in [2.24, 2.45) is 0 Å². The molecule has 5 nitrogen and oxygen atoms in total. The maximum atomic E-state index is 12.6. The Morgan fingerprint density at radius 1 is 0.865 bits per heavy atom. The van der Waals surface area contributed by atoms with Crippen LogP contribution in [0, 0.1) is 20.8 Å². The predicted molar refractivity (Wildman–Crippen MR) is 149 cm³/mol. The number of carbonyl (C=O) groups is 1. The highest BCUT2D eigenvalue weighted by molar-refractivity contribution is 6.20. The summed E-state index contributed by atoms with van der Waals surface area (Å²) in [5.41, 5.74) is 4.87. The minimum atomic E-state index is -1.21. The second-order valence-electron chi connectivity index (χ2n) is 10.7. The van der Waals surface area contributed by atoms with Gasteiger partial charge in [-0.25, -0.2) is 9.78 Å². The SMILES string of the molecule is Cc1ccc(-c2c([C@H](OC(C)(C)C)C(=O)O)c(C)c3nc(O)c4c5ccccc5ccc4c3c2C)cc1. The molecule has 5 aromatic rings. The molecule has 5 heteroatoms. The molecule has 0 saturated heterocycles. The van der Waals surface area contributed by atoms with Crippen molar-refractivity contribution in [1.82, 2.24) is 4.98 Å². The van der Waals surface area contributed by atoms with Crippen molar-refractivity contribution in [3.05, 3.63) is 82.9 Å². The number of benzene rings is 4. The highest BCUT2D eigenvalue weighted by Crippen LogP contribution is 2.45. The molecule has 0 aliphatic heterocycles. The molecule has 0 radical (unpaired) electrons. The number of aromatic nitrogens is 1. The van der Waals surface area contributed by atoms with Gasteiger partial charge < -0.3 is 14.9 Å². The van der Waals surface area contributed by atoms with Crippen LogP contribution in [0.15, 0.2) is 60.7 Å². The standard InChI is InChI=1S/C32H31NO4/c1-17-11-13-21(14-12-17)24-18(2)25-23-16-15-20-9-7-8-10-22(20)27(23)30(34)33-28(25)19(3)26(24)29(31(35)36)37-32(4,5)6/h7-16,29H,1-6H3,(H,33,34)(H,35,36)/t29-/m0/s1. The van der Waals surface area contributed by atoms with Crippen LogP contribution in [0.4, 0.5) is 0 Å². The molecule has 0 bridgehead atoms. The normalized spacial score (nSPS) is 12.9. The van der Waals surface area contributed by atoms with Crippen LogP contribution in [-0.2, 0) is 9.53 Å². The van der Waals surface area contributed by atoms with E-state index >= 15 is 0 Å². The molecule has 0 spiro atoms. The molecule has 0 fully saturated rings. The fraction of sp³-hybridized carbons (Fsp3) is 0.250. The van der Waals surface area contributed by atoms with Crippen molar-refractivity contribution >= 4 is 38.4 Å². The van der Waals surface area contributed by atoms with Crippen LogP contribution in [-0.4, -0.2) is 26.8 Å². The molecule has 0 aliphatic carbocycles. The summed E-state index contributed by atoms with van der Waals surface area (Å²) in [6.07, 6.45) is -1.21. The summed E-state index contributed by atoms with van der Waals surface area (Å²) in [6, 6.07) is 20.1. The Balaban J connectivity index is 1.99. The quantitative estimate of drug-likeness (QED) is 0.250. The van der Waals surface area contributed by atoms with Crippen molar-refractivity contribution in [2.75, 3.05) is 0 Å². The number of aromatic hydroxyl groups is 1. The number of aliphatic carboxylic acids is 1. The van der Waals surface area contributed by atoms with E-state index in [0.29, 0.717) is 22.0 Å². The highest BCUT2D eigenvalue weighted by Gasteiger charge is 2.33. The molecule has 188 valence electrons. The van der Waals surface area contributed by atoms with E-state index in [0.717, 1.165) is 43.8 Å². The van der Waals surface area contributed by atoms with Gasteiger partial charge in [0.25, 0.3) is 0 Å². The number of fused-ring (bicyclic) bond motifs is 5. The Labute approximate surface area is 216 Å². The number of pyridine rings is 1. The monoisotopic (exact) mass is 493 g/mol. The highest BCUT2D eigenvalue weighted by atomic mass is 16.5. The van der Waals surface area contributed by atoms with E-state index < -0.39 is 17.7 Å². The molecular formula is C32H31NO4. The van der Waals surface area contributed by atoms with Crippen LogP contribution >= 0.6 is 0 Å². The number of nitrogens with zero attached hydrogens (tertiary/aromatic N) is 1. The van der Waals surface area contributed by atoms with Gasteiger partial charge in [0.05, 0.1) is 16.5 Å². The number of carboxylic acid groups (broad SMARTS) is 1. The van der Waals surface area contributed by atoms with Crippen molar-refractivity contribution in [1.29, 1.82) is 0 Å². The Morgan fingerprint density at radius 3 is 2.19 bits per heavy atom.